The predicted molar refractivity (Wildman–Crippen MR) is 64.2 cm³/mol. The molecule has 0 aliphatic rings. The van der Waals surface area contributed by atoms with E-state index >= 15 is 0 Å². The first kappa shape index (κ1) is 15.1. The van der Waals surface area contributed by atoms with Crippen molar-refractivity contribution >= 4 is 5.97 Å². The Labute approximate surface area is 97.9 Å². The van der Waals surface area contributed by atoms with E-state index in [0.717, 1.165) is 13.0 Å². The standard InChI is InChI=1S/C12H23NO3/c1-4-7-13(9-10-14)8-6-11(5-2)12(15)16-3/h6,14H,4-5,7-10H2,1-3H3. The second kappa shape index (κ2) is 9.36. The number of methoxy groups -OCH3 is 1. The number of carbonyl (C=O) groups excluding carboxylic acids is 1. The Hall–Kier alpha value is -0.870. The van der Waals surface area contributed by atoms with Crippen LogP contribution < -0.4 is 0 Å². The maximum Gasteiger partial charge on any atom is 0.333 e. The minimum Gasteiger partial charge on any atom is -0.466 e. The minimum absolute atomic E-state index is 0.146. The van der Waals surface area contributed by atoms with Gasteiger partial charge in [0.25, 0.3) is 0 Å². The summed E-state index contributed by atoms with van der Waals surface area (Å²) < 4.78 is 4.68. The molecule has 0 aromatic carbocycles. The van der Waals surface area contributed by atoms with Gasteiger partial charge in [0, 0.05) is 18.7 Å². The van der Waals surface area contributed by atoms with Crippen LogP contribution in [-0.4, -0.2) is 49.3 Å². The van der Waals surface area contributed by atoms with Gasteiger partial charge in [-0.05, 0) is 19.4 Å². The summed E-state index contributed by atoms with van der Waals surface area (Å²) in [6.07, 6.45) is 3.59. The third kappa shape index (κ3) is 5.88. The average Bonchev–Trinajstić information content (AvgIpc) is 2.29. The lowest BCUT2D eigenvalue weighted by Crippen LogP contribution is -2.28. The van der Waals surface area contributed by atoms with Gasteiger partial charge in [-0.25, -0.2) is 4.79 Å². The number of hydrogen-bond acceptors (Lipinski definition) is 4. The molecule has 0 heterocycles. The van der Waals surface area contributed by atoms with E-state index in [0.29, 0.717) is 25.1 Å². The highest BCUT2D eigenvalue weighted by Gasteiger charge is 2.07. The van der Waals surface area contributed by atoms with Crippen molar-refractivity contribution in [2.24, 2.45) is 0 Å². The molecule has 0 amide bonds. The lowest BCUT2D eigenvalue weighted by Gasteiger charge is -2.18. The van der Waals surface area contributed by atoms with Gasteiger partial charge in [0.15, 0.2) is 0 Å². The van der Waals surface area contributed by atoms with Crippen LogP contribution in [0.1, 0.15) is 26.7 Å². The molecule has 0 radical (unpaired) electrons. The summed E-state index contributed by atoms with van der Waals surface area (Å²) in [5, 5.41) is 8.89. The van der Waals surface area contributed by atoms with E-state index in [1.807, 2.05) is 13.0 Å². The van der Waals surface area contributed by atoms with Crippen LogP contribution in [0, 0.1) is 0 Å². The van der Waals surface area contributed by atoms with Gasteiger partial charge in [0.2, 0.25) is 0 Å². The van der Waals surface area contributed by atoms with Gasteiger partial charge in [0.05, 0.1) is 13.7 Å². The molecule has 0 aromatic rings. The van der Waals surface area contributed by atoms with Crippen LogP contribution in [0.4, 0.5) is 0 Å². The normalized spacial score (nSPS) is 11.9. The first-order chi connectivity index (χ1) is 7.69. The second-order valence-electron chi connectivity index (χ2n) is 3.60. The van der Waals surface area contributed by atoms with Crippen molar-refractivity contribution in [2.75, 3.05) is 33.4 Å². The fourth-order valence-electron chi connectivity index (χ4n) is 1.49. The van der Waals surface area contributed by atoms with Crippen LogP contribution >= 0.6 is 0 Å². The molecule has 0 aromatic heterocycles. The molecular formula is C12H23NO3. The van der Waals surface area contributed by atoms with E-state index in [2.05, 4.69) is 16.6 Å². The highest BCUT2D eigenvalue weighted by molar-refractivity contribution is 5.88. The van der Waals surface area contributed by atoms with Gasteiger partial charge in [-0.1, -0.05) is 19.9 Å². The van der Waals surface area contributed by atoms with Gasteiger partial charge >= 0.3 is 5.97 Å². The third-order valence-corrected chi connectivity index (χ3v) is 2.38. The summed E-state index contributed by atoms with van der Waals surface area (Å²) in [5.74, 6) is -0.261. The highest BCUT2D eigenvalue weighted by atomic mass is 16.5. The van der Waals surface area contributed by atoms with Crippen LogP contribution in [0.2, 0.25) is 0 Å². The number of nitrogens with zero attached hydrogens (tertiary/aromatic N) is 1. The summed E-state index contributed by atoms with van der Waals surface area (Å²) >= 11 is 0. The molecule has 0 aliphatic carbocycles. The van der Waals surface area contributed by atoms with E-state index in [-0.39, 0.29) is 12.6 Å². The van der Waals surface area contributed by atoms with Crippen molar-refractivity contribution in [1.82, 2.24) is 4.90 Å². The first-order valence-corrected chi connectivity index (χ1v) is 5.80. The van der Waals surface area contributed by atoms with Crippen LogP contribution in [0.5, 0.6) is 0 Å². The molecule has 4 nitrogen and oxygen atoms in total. The number of rotatable bonds is 8. The zero-order valence-corrected chi connectivity index (χ0v) is 10.5. The minimum atomic E-state index is -0.261. The molecule has 0 fully saturated rings. The zero-order valence-electron chi connectivity index (χ0n) is 10.5. The van der Waals surface area contributed by atoms with Gasteiger partial charge in [-0.15, -0.1) is 0 Å². The molecule has 94 valence electrons. The fourth-order valence-corrected chi connectivity index (χ4v) is 1.49. The third-order valence-electron chi connectivity index (χ3n) is 2.38. The number of carbonyl (C=O) groups is 1. The van der Waals surface area contributed by atoms with Gasteiger partial charge in [0.1, 0.15) is 0 Å². The van der Waals surface area contributed by atoms with E-state index in [9.17, 15) is 4.79 Å². The Balaban J connectivity index is 4.30. The van der Waals surface area contributed by atoms with E-state index in [4.69, 9.17) is 5.11 Å². The first-order valence-electron chi connectivity index (χ1n) is 5.80. The van der Waals surface area contributed by atoms with Gasteiger partial charge < -0.3 is 9.84 Å². The number of esters is 1. The molecule has 0 atom stereocenters. The number of ether oxygens (including phenoxy) is 1. The molecule has 4 heteroatoms. The lowest BCUT2D eigenvalue weighted by molar-refractivity contribution is -0.136. The highest BCUT2D eigenvalue weighted by Crippen LogP contribution is 2.04. The zero-order chi connectivity index (χ0) is 12.4. The lowest BCUT2D eigenvalue weighted by atomic mass is 10.2. The van der Waals surface area contributed by atoms with Crippen LogP contribution in [0.15, 0.2) is 11.6 Å². The summed E-state index contributed by atoms with van der Waals surface area (Å²) in [6, 6.07) is 0. The van der Waals surface area contributed by atoms with Crippen LogP contribution in [0.25, 0.3) is 0 Å². The topological polar surface area (TPSA) is 49.8 Å². The molecule has 1 N–H and O–H groups in total. The van der Waals surface area contributed by atoms with Crippen molar-refractivity contribution in [3.05, 3.63) is 11.6 Å². The second-order valence-corrected chi connectivity index (χ2v) is 3.60. The van der Waals surface area contributed by atoms with Crippen LogP contribution in [-0.2, 0) is 9.53 Å². The summed E-state index contributed by atoms with van der Waals surface area (Å²) in [6.45, 7) is 6.42. The van der Waals surface area contributed by atoms with Crippen molar-refractivity contribution in [3.8, 4) is 0 Å². The fraction of sp³-hybridized carbons (Fsp3) is 0.750. The van der Waals surface area contributed by atoms with Crippen molar-refractivity contribution in [2.45, 2.75) is 26.7 Å². The van der Waals surface area contributed by atoms with Crippen molar-refractivity contribution in [1.29, 1.82) is 0 Å². The molecular weight excluding hydrogens is 206 g/mol. The summed E-state index contributed by atoms with van der Waals surface area (Å²) in [4.78, 5) is 13.4. The molecule has 0 spiro atoms. The number of aliphatic hydroxyl groups excluding tert-OH is 1. The number of aliphatic hydroxyl groups is 1. The Morgan fingerprint density at radius 3 is 2.50 bits per heavy atom. The Kier molecular flexibility index (Phi) is 8.85. The van der Waals surface area contributed by atoms with Crippen LogP contribution in [0.3, 0.4) is 0 Å². The van der Waals surface area contributed by atoms with E-state index in [1.165, 1.54) is 7.11 Å². The average molecular weight is 229 g/mol. The molecule has 0 saturated carbocycles. The number of hydrogen-bond donors (Lipinski definition) is 1. The van der Waals surface area contributed by atoms with Gasteiger partial charge in [-0.2, -0.15) is 0 Å². The monoisotopic (exact) mass is 229 g/mol. The van der Waals surface area contributed by atoms with Crippen molar-refractivity contribution < 1.29 is 14.6 Å². The maximum absolute atomic E-state index is 11.3. The summed E-state index contributed by atoms with van der Waals surface area (Å²) in [5.41, 5.74) is 0.696. The Morgan fingerprint density at radius 2 is 2.06 bits per heavy atom. The molecule has 0 saturated heterocycles. The smallest absolute Gasteiger partial charge is 0.333 e. The summed E-state index contributed by atoms with van der Waals surface area (Å²) in [7, 11) is 1.39. The molecule has 0 bridgehead atoms. The van der Waals surface area contributed by atoms with Crippen molar-refractivity contribution in [3.63, 3.8) is 0 Å². The SMILES string of the molecule is CCCN(CC=C(CC)C(=O)OC)CCO. The Morgan fingerprint density at radius 1 is 1.38 bits per heavy atom. The maximum atomic E-state index is 11.3. The largest absolute Gasteiger partial charge is 0.466 e. The molecule has 0 aliphatic heterocycles. The quantitative estimate of drug-likeness (QED) is 0.502. The van der Waals surface area contributed by atoms with E-state index in [1.54, 1.807) is 0 Å². The predicted octanol–water partition coefficient (Wildman–Crippen LogP) is 1.20. The molecule has 0 unspecified atom stereocenters. The van der Waals surface area contributed by atoms with Gasteiger partial charge in [-0.3, -0.25) is 4.90 Å². The van der Waals surface area contributed by atoms with E-state index < -0.39 is 0 Å². The Bertz CT molecular complexity index is 220. The molecule has 0 rings (SSSR count). The molecule has 16 heavy (non-hydrogen) atoms.